The van der Waals surface area contributed by atoms with Gasteiger partial charge in [0.05, 0.1) is 17.8 Å². The normalized spacial score (nSPS) is 11.8. The van der Waals surface area contributed by atoms with E-state index >= 15 is 0 Å². The fourth-order valence-corrected chi connectivity index (χ4v) is 1.27. The van der Waals surface area contributed by atoms with Crippen molar-refractivity contribution in [1.29, 1.82) is 0 Å². The van der Waals surface area contributed by atoms with E-state index in [9.17, 15) is 18.0 Å². The molecule has 0 atom stereocenters. The Hall–Kier alpha value is -1.92. The van der Waals surface area contributed by atoms with E-state index < -0.39 is 17.5 Å². The van der Waals surface area contributed by atoms with Crippen LogP contribution in [0.2, 0.25) is 0 Å². The van der Waals surface area contributed by atoms with Crippen LogP contribution < -0.4 is 5.43 Å². The van der Waals surface area contributed by atoms with Gasteiger partial charge in [-0.15, -0.1) is 0 Å². The second-order valence-electron chi connectivity index (χ2n) is 3.48. The molecule has 0 aliphatic carbocycles. The molecule has 0 unspecified atom stereocenters. The first kappa shape index (κ1) is 14.1. The van der Waals surface area contributed by atoms with Gasteiger partial charge in [0, 0.05) is 5.56 Å². The summed E-state index contributed by atoms with van der Waals surface area (Å²) in [6.07, 6.45) is -4.48. The van der Waals surface area contributed by atoms with E-state index in [1.54, 1.807) is 6.92 Å². The van der Waals surface area contributed by atoms with Crippen molar-refractivity contribution in [2.24, 2.45) is 10.3 Å². The van der Waals surface area contributed by atoms with Gasteiger partial charge in [0.2, 0.25) is 0 Å². The molecule has 1 rings (SSSR count). The summed E-state index contributed by atoms with van der Waals surface area (Å²) in [6.45, 7) is 3.38. The monoisotopic (exact) mass is 259 g/mol. The van der Waals surface area contributed by atoms with Crippen molar-refractivity contribution in [3.63, 3.8) is 0 Å². The zero-order valence-electron chi connectivity index (χ0n) is 9.88. The summed E-state index contributed by atoms with van der Waals surface area (Å²) in [6, 6.07) is 2.84. The second kappa shape index (κ2) is 5.61. The molecule has 0 saturated heterocycles. The highest BCUT2D eigenvalue weighted by Crippen LogP contribution is 2.32. The fourth-order valence-electron chi connectivity index (χ4n) is 1.27. The van der Waals surface area contributed by atoms with Gasteiger partial charge in [0.1, 0.15) is 0 Å². The van der Waals surface area contributed by atoms with Crippen molar-refractivity contribution in [2.45, 2.75) is 20.0 Å². The SMILES string of the molecule is CCN=NNc1ccc(C(F)(F)F)cc1C(C)=O. The number of alkyl halides is 3. The molecule has 0 heterocycles. The largest absolute Gasteiger partial charge is 0.416 e. The van der Waals surface area contributed by atoms with Crippen LogP contribution in [0, 0.1) is 0 Å². The highest BCUT2D eigenvalue weighted by atomic mass is 19.4. The molecular formula is C11H12F3N3O. The van der Waals surface area contributed by atoms with Crippen molar-refractivity contribution in [1.82, 2.24) is 0 Å². The zero-order valence-corrected chi connectivity index (χ0v) is 9.88. The predicted molar refractivity (Wildman–Crippen MR) is 60.5 cm³/mol. The Bertz CT molecular complexity index is 469. The first-order valence-corrected chi connectivity index (χ1v) is 5.21. The number of Topliss-reactive ketones (excluding diaryl/α,β-unsaturated/α-hetero) is 1. The zero-order chi connectivity index (χ0) is 13.8. The van der Waals surface area contributed by atoms with Crippen molar-refractivity contribution >= 4 is 11.5 Å². The number of carbonyl (C=O) groups is 1. The first-order valence-electron chi connectivity index (χ1n) is 5.21. The highest BCUT2D eigenvalue weighted by Gasteiger charge is 2.31. The average molecular weight is 259 g/mol. The summed E-state index contributed by atoms with van der Waals surface area (Å²) in [4.78, 5) is 11.3. The Balaban J connectivity index is 3.13. The number of hydrogen-bond donors (Lipinski definition) is 1. The van der Waals surface area contributed by atoms with Gasteiger partial charge < -0.3 is 0 Å². The number of nitrogens with one attached hydrogen (secondary N) is 1. The third-order valence-electron chi connectivity index (χ3n) is 2.11. The number of nitrogens with zero attached hydrogens (tertiary/aromatic N) is 2. The van der Waals surface area contributed by atoms with Gasteiger partial charge in [-0.05, 0) is 32.0 Å². The Kier molecular flexibility index (Phi) is 4.41. The third kappa shape index (κ3) is 3.54. The number of ketones is 1. The molecule has 0 spiro atoms. The Morgan fingerprint density at radius 2 is 2.06 bits per heavy atom. The molecule has 0 saturated carbocycles. The summed E-state index contributed by atoms with van der Waals surface area (Å²) < 4.78 is 37.5. The highest BCUT2D eigenvalue weighted by molar-refractivity contribution is 5.99. The molecule has 0 fully saturated rings. The minimum atomic E-state index is -4.48. The topological polar surface area (TPSA) is 53.8 Å². The van der Waals surface area contributed by atoms with Crippen LogP contribution in [0.4, 0.5) is 18.9 Å². The Labute approximate surface area is 102 Å². The molecule has 0 aromatic heterocycles. The smallest absolute Gasteiger partial charge is 0.294 e. The van der Waals surface area contributed by atoms with Gasteiger partial charge in [0.15, 0.2) is 5.78 Å². The minimum absolute atomic E-state index is 0.0696. The van der Waals surface area contributed by atoms with Crippen LogP contribution in [0.1, 0.15) is 29.8 Å². The van der Waals surface area contributed by atoms with Gasteiger partial charge in [-0.25, -0.2) is 0 Å². The molecule has 0 aliphatic heterocycles. The van der Waals surface area contributed by atoms with Crippen LogP contribution in [-0.4, -0.2) is 12.3 Å². The van der Waals surface area contributed by atoms with Crippen molar-refractivity contribution in [3.05, 3.63) is 29.3 Å². The maximum Gasteiger partial charge on any atom is 0.416 e. The molecule has 4 nitrogen and oxygen atoms in total. The molecule has 0 bridgehead atoms. The Morgan fingerprint density at radius 1 is 1.39 bits per heavy atom. The molecule has 98 valence electrons. The predicted octanol–water partition coefficient (Wildman–Crippen LogP) is 3.71. The molecule has 0 radical (unpaired) electrons. The number of halogens is 3. The lowest BCUT2D eigenvalue weighted by Crippen LogP contribution is -2.08. The summed E-state index contributed by atoms with van der Waals surface area (Å²) in [5.74, 6) is -0.477. The number of anilines is 1. The van der Waals surface area contributed by atoms with Crippen molar-refractivity contribution in [2.75, 3.05) is 12.0 Å². The van der Waals surface area contributed by atoms with Crippen LogP contribution in [0.3, 0.4) is 0 Å². The number of benzene rings is 1. The van der Waals surface area contributed by atoms with Crippen LogP contribution in [-0.2, 0) is 6.18 Å². The van der Waals surface area contributed by atoms with Crippen LogP contribution in [0.5, 0.6) is 0 Å². The average Bonchev–Trinajstić information content (AvgIpc) is 2.28. The van der Waals surface area contributed by atoms with E-state index in [0.717, 1.165) is 18.2 Å². The lowest BCUT2D eigenvalue weighted by atomic mass is 10.1. The third-order valence-corrected chi connectivity index (χ3v) is 2.11. The van der Waals surface area contributed by atoms with E-state index in [1.807, 2.05) is 0 Å². The molecular weight excluding hydrogens is 247 g/mol. The van der Waals surface area contributed by atoms with E-state index in [1.165, 1.54) is 6.92 Å². The van der Waals surface area contributed by atoms with Crippen LogP contribution >= 0.6 is 0 Å². The minimum Gasteiger partial charge on any atom is -0.294 e. The first-order chi connectivity index (χ1) is 8.36. The molecule has 1 aromatic rings. The van der Waals surface area contributed by atoms with E-state index in [0.29, 0.717) is 6.54 Å². The molecule has 1 N–H and O–H groups in total. The molecule has 18 heavy (non-hydrogen) atoms. The summed E-state index contributed by atoms with van der Waals surface area (Å²) in [5.41, 5.74) is 1.71. The van der Waals surface area contributed by atoms with Gasteiger partial charge in [-0.3, -0.25) is 10.2 Å². The fraction of sp³-hybridized carbons (Fsp3) is 0.364. The molecule has 0 aliphatic rings. The number of rotatable bonds is 4. The summed E-state index contributed by atoms with van der Waals surface area (Å²) in [7, 11) is 0. The maximum absolute atomic E-state index is 12.5. The second-order valence-corrected chi connectivity index (χ2v) is 3.48. The number of hydrogen-bond acceptors (Lipinski definition) is 3. The van der Waals surface area contributed by atoms with Crippen LogP contribution in [0.15, 0.2) is 28.5 Å². The summed E-state index contributed by atoms with van der Waals surface area (Å²) >= 11 is 0. The van der Waals surface area contributed by atoms with Gasteiger partial charge in [0.25, 0.3) is 0 Å². The van der Waals surface area contributed by atoms with E-state index in [-0.39, 0.29) is 11.3 Å². The molecule has 1 aromatic carbocycles. The standard InChI is InChI=1S/C11H12F3N3O/c1-3-15-17-16-10-5-4-8(11(12,13)14)6-9(10)7(2)18/h4-6H,3H2,1-2H3,(H,15,16). The quantitative estimate of drug-likeness (QED) is 0.509. The summed E-state index contributed by atoms with van der Waals surface area (Å²) in [5, 5.41) is 7.16. The van der Waals surface area contributed by atoms with Crippen LogP contribution in [0.25, 0.3) is 0 Å². The molecule has 7 heteroatoms. The lowest BCUT2D eigenvalue weighted by Gasteiger charge is -2.10. The lowest BCUT2D eigenvalue weighted by molar-refractivity contribution is -0.137. The number of carbonyl (C=O) groups excluding carboxylic acids is 1. The van der Waals surface area contributed by atoms with Gasteiger partial charge in [-0.1, -0.05) is 5.22 Å². The Morgan fingerprint density at radius 3 is 2.56 bits per heavy atom. The van der Waals surface area contributed by atoms with Crippen molar-refractivity contribution in [3.8, 4) is 0 Å². The van der Waals surface area contributed by atoms with Gasteiger partial charge >= 0.3 is 6.18 Å². The van der Waals surface area contributed by atoms with E-state index in [4.69, 9.17) is 0 Å². The van der Waals surface area contributed by atoms with E-state index in [2.05, 4.69) is 15.8 Å². The van der Waals surface area contributed by atoms with Crippen molar-refractivity contribution < 1.29 is 18.0 Å². The van der Waals surface area contributed by atoms with Gasteiger partial charge in [-0.2, -0.15) is 18.3 Å². The maximum atomic E-state index is 12.5. The molecule has 0 amide bonds.